The second kappa shape index (κ2) is 6.53. The van der Waals surface area contributed by atoms with Crippen LogP contribution in [0.25, 0.3) is 0 Å². The predicted octanol–water partition coefficient (Wildman–Crippen LogP) is 0.203. The third-order valence-electron chi connectivity index (χ3n) is 2.63. The van der Waals surface area contributed by atoms with Gasteiger partial charge in [0.2, 0.25) is 11.8 Å². The fraction of sp³-hybridized carbons (Fsp3) is 0.143. The lowest BCUT2D eigenvalue weighted by atomic mass is 10.2. The van der Waals surface area contributed by atoms with Crippen molar-refractivity contribution in [3.8, 4) is 0 Å². The molecule has 0 fully saturated rings. The second-order valence-corrected chi connectivity index (χ2v) is 4.60. The number of benzene rings is 1. The van der Waals surface area contributed by atoms with Crippen LogP contribution in [0.5, 0.6) is 0 Å². The standard InChI is InChI=1S/C14H14N4O4/c1-8(19)15-9-3-2-4-10(5-9)16-12(20)6-11-7-13(21)18-14(22)17-11/h2-5,7H,6H2,1H3,(H,15,19)(H,16,20)(H2,17,18,21,22). The molecular weight excluding hydrogens is 288 g/mol. The van der Waals surface area contributed by atoms with Gasteiger partial charge in [0.05, 0.1) is 6.42 Å². The van der Waals surface area contributed by atoms with Crippen LogP contribution in [-0.2, 0) is 16.0 Å². The summed E-state index contributed by atoms with van der Waals surface area (Å²) in [6.45, 7) is 1.38. The lowest BCUT2D eigenvalue weighted by Crippen LogP contribution is -2.25. The molecule has 0 unspecified atom stereocenters. The van der Waals surface area contributed by atoms with E-state index in [1.807, 2.05) is 4.98 Å². The lowest BCUT2D eigenvalue weighted by Gasteiger charge is -2.07. The van der Waals surface area contributed by atoms with Gasteiger partial charge in [0.25, 0.3) is 5.56 Å². The Kier molecular flexibility index (Phi) is 4.52. The summed E-state index contributed by atoms with van der Waals surface area (Å²) in [5.74, 6) is -0.620. The molecule has 8 heteroatoms. The summed E-state index contributed by atoms with van der Waals surface area (Å²) in [5, 5.41) is 5.22. The molecule has 0 saturated carbocycles. The van der Waals surface area contributed by atoms with Gasteiger partial charge >= 0.3 is 5.69 Å². The van der Waals surface area contributed by atoms with E-state index in [4.69, 9.17) is 0 Å². The number of nitrogens with one attached hydrogen (secondary N) is 4. The van der Waals surface area contributed by atoms with Crippen molar-refractivity contribution in [3.05, 3.63) is 56.9 Å². The van der Waals surface area contributed by atoms with Crippen LogP contribution in [0, 0.1) is 0 Å². The number of hydrogen-bond acceptors (Lipinski definition) is 4. The van der Waals surface area contributed by atoms with Gasteiger partial charge in [-0.05, 0) is 18.2 Å². The summed E-state index contributed by atoms with van der Waals surface area (Å²) in [5.41, 5.74) is 0.0183. The quantitative estimate of drug-likeness (QED) is 0.644. The van der Waals surface area contributed by atoms with Gasteiger partial charge in [0.1, 0.15) is 0 Å². The Balaban J connectivity index is 2.07. The van der Waals surface area contributed by atoms with E-state index in [0.717, 1.165) is 6.07 Å². The molecule has 0 atom stereocenters. The van der Waals surface area contributed by atoms with Crippen LogP contribution >= 0.6 is 0 Å². The Morgan fingerprint density at radius 1 is 1.05 bits per heavy atom. The van der Waals surface area contributed by atoms with E-state index in [2.05, 4.69) is 15.6 Å². The Bertz CT molecular complexity index is 794. The fourth-order valence-corrected chi connectivity index (χ4v) is 1.87. The normalized spacial score (nSPS) is 10.0. The zero-order valence-corrected chi connectivity index (χ0v) is 11.7. The van der Waals surface area contributed by atoms with Crippen LogP contribution in [0.2, 0.25) is 0 Å². The summed E-state index contributed by atoms with van der Waals surface area (Å²) < 4.78 is 0. The molecule has 1 heterocycles. The van der Waals surface area contributed by atoms with Crippen molar-refractivity contribution >= 4 is 23.2 Å². The van der Waals surface area contributed by atoms with Crippen molar-refractivity contribution in [2.45, 2.75) is 13.3 Å². The smallest absolute Gasteiger partial charge is 0.325 e. The number of anilines is 2. The average molecular weight is 302 g/mol. The molecule has 0 spiro atoms. The van der Waals surface area contributed by atoms with Crippen molar-refractivity contribution in [2.24, 2.45) is 0 Å². The van der Waals surface area contributed by atoms with Gasteiger partial charge in [-0.25, -0.2) is 4.79 Å². The van der Waals surface area contributed by atoms with Crippen molar-refractivity contribution in [2.75, 3.05) is 10.6 Å². The maximum absolute atomic E-state index is 11.9. The van der Waals surface area contributed by atoms with E-state index in [-0.39, 0.29) is 18.0 Å². The van der Waals surface area contributed by atoms with Gasteiger partial charge in [-0.15, -0.1) is 0 Å². The number of H-pyrrole nitrogens is 2. The van der Waals surface area contributed by atoms with Gasteiger partial charge in [-0.1, -0.05) is 6.07 Å². The largest absolute Gasteiger partial charge is 0.326 e. The summed E-state index contributed by atoms with van der Waals surface area (Å²) in [4.78, 5) is 49.6. The molecule has 1 aromatic carbocycles. The number of carbonyl (C=O) groups excluding carboxylic acids is 2. The highest BCUT2D eigenvalue weighted by atomic mass is 16.2. The van der Waals surface area contributed by atoms with Crippen LogP contribution < -0.4 is 21.9 Å². The molecule has 2 rings (SSSR count). The van der Waals surface area contributed by atoms with Gasteiger partial charge in [-0.3, -0.25) is 19.4 Å². The third kappa shape index (κ3) is 4.44. The van der Waals surface area contributed by atoms with E-state index in [0.29, 0.717) is 11.4 Å². The van der Waals surface area contributed by atoms with Crippen molar-refractivity contribution in [3.63, 3.8) is 0 Å². The van der Waals surface area contributed by atoms with E-state index >= 15 is 0 Å². The number of hydrogen-bond donors (Lipinski definition) is 4. The minimum Gasteiger partial charge on any atom is -0.326 e. The van der Waals surface area contributed by atoms with Crippen LogP contribution in [0.3, 0.4) is 0 Å². The first kappa shape index (κ1) is 15.2. The molecule has 2 aromatic rings. The maximum atomic E-state index is 11.9. The summed E-state index contributed by atoms with van der Waals surface area (Å²) in [6.07, 6.45) is -0.149. The number of carbonyl (C=O) groups is 2. The van der Waals surface area contributed by atoms with Crippen LogP contribution in [0.4, 0.5) is 11.4 Å². The minimum atomic E-state index is -0.664. The molecule has 0 aliphatic heterocycles. The number of amides is 2. The molecule has 0 saturated heterocycles. The van der Waals surface area contributed by atoms with E-state index in [9.17, 15) is 19.2 Å². The monoisotopic (exact) mass is 302 g/mol. The topological polar surface area (TPSA) is 124 Å². The number of aromatic nitrogens is 2. The van der Waals surface area contributed by atoms with E-state index in [1.165, 1.54) is 6.92 Å². The molecule has 2 amide bonds. The van der Waals surface area contributed by atoms with Crippen LogP contribution in [-0.4, -0.2) is 21.8 Å². The fourth-order valence-electron chi connectivity index (χ4n) is 1.87. The molecule has 0 radical (unpaired) electrons. The van der Waals surface area contributed by atoms with Crippen LogP contribution in [0.1, 0.15) is 12.6 Å². The Labute approximate surface area is 124 Å². The van der Waals surface area contributed by atoms with Crippen LogP contribution in [0.15, 0.2) is 39.9 Å². The Morgan fingerprint density at radius 2 is 1.73 bits per heavy atom. The molecule has 114 valence electrons. The van der Waals surface area contributed by atoms with Gasteiger partial charge in [0.15, 0.2) is 0 Å². The predicted molar refractivity (Wildman–Crippen MR) is 80.8 cm³/mol. The SMILES string of the molecule is CC(=O)Nc1cccc(NC(=O)Cc2cc(=O)[nH]c(=O)[nH]2)c1. The lowest BCUT2D eigenvalue weighted by molar-refractivity contribution is -0.116. The Hall–Kier alpha value is -3.16. The summed E-state index contributed by atoms with van der Waals surface area (Å²) in [6, 6.07) is 7.76. The zero-order valence-electron chi connectivity index (χ0n) is 11.7. The van der Waals surface area contributed by atoms with Crippen molar-refractivity contribution in [1.29, 1.82) is 0 Å². The molecule has 4 N–H and O–H groups in total. The van der Waals surface area contributed by atoms with Gasteiger partial charge < -0.3 is 15.6 Å². The average Bonchev–Trinajstić information content (AvgIpc) is 2.36. The number of aromatic amines is 2. The minimum absolute atomic E-state index is 0.149. The highest BCUT2D eigenvalue weighted by Gasteiger charge is 2.07. The molecule has 0 aliphatic rings. The first-order valence-electron chi connectivity index (χ1n) is 6.42. The highest BCUT2D eigenvalue weighted by Crippen LogP contribution is 2.15. The van der Waals surface area contributed by atoms with Crippen molar-refractivity contribution in [1.82, 2.24) is 9.97 Å². The second-order valence-electron chi connectivity index (χ2n) is 4.60. The van der Waals surface area contributed by atoms with E-state index < -0.39 is 17.2 Å². The van der Waals surface area contributed by atoms with Crippen molar-refractivity contribution < 1.29 is 9.59 Å². The number of rotatable bonds is 4. The first-order valence-corrected chi connectivity index (χ1v) is 6.42. The van der Waals surface area contributed by atoms with E-state index in [1.54, 1.807) is 24.3 Å². The first-order chi connectivity index (χ1) is 10.4. The maximum Gasteiger partial charge on any atom is 0.325 e. The molecule has 0 bridgehead atoms. The summed E-state index contributed by atoms with van der Waals surface area (Å²) in [7, 11) is 0. The Morgan fingerprint density at radius 3 is 2.36 bits per heavy atom. The highest BCUT2D eigenvalue weighted by molar-refractivity contribution is 5.94. The molecule has 22 heavy (non-hydrogen) atoms. The third-order valence-corrected chi connectivity index (χ3v) is 2.63. The zero-order chi connectivity index (χ0) is 16.1. The summed E-state index contributed by atoms with van der Waals surface area (Å²) >= 11 is 0. The molecule has 1 aromatic heterocycles. The van der Waals surface area contributed by atoms with Gasteiger partial charge in [-0.2, -0.15) is 0 Å². The molecule has 8 nitrogen and oxygen atoms in total. The van der Waals surface area contributed by atoms with Gasteiger partial charge in [0, 0.05) is 30.1 Å². The molecular formula is C14H14N4O4. The molecule has 0 aliphatic carbocycles.